The molecule has 2 amide bonds. The molecule has 2 N–H and O–H groups in total. The molecule has 4 rings (SSSR count). The first kappa shape index (κ1) is 17.6. The van der Waals surface area contributed by atoms with Crippen molar-refractivity contribution >= 4 is 11.7 Å². The van der Waals surface area contributed by atoms with Crippen molar-refractivity contribution in [2.24, 2.45) is 0 Å². The number of hydrogen-bond acceptors (Lipinski definition) is 4. The van der Waals surface area contributed by atoms with Gasteiger partial charge in [0.25, 0.3) is 5.56 Å². The van der Waals surface area contributed by atoms with Gasteiger partial charge in [-0.2, -0.15) is 0 Å². The molecule has 1 aromatic carbocycles. The van der Waals surface area contributed by atoms with Crippen LogP contribution in [0.15, 0.2) is 29.1 Å². The zero-order valence-corrected chi connectivity index (χ0v) is 15.6. The summed E-state index contributed by atoms with van der Waals surface area (Å²) in [5.41, 5.74) is 2.64. The molecule has 0 saturated carbocycles. The number of hydrogen-bond donors (Lipinski definition) is 2. The van der Waals surface area contributed by atoms with Gasteiger partial charge in [-0.05, 0) is 50.5 Å². The van der Waals surface area contributed by atoms with Crippen LogP contribution in [0.5, 0.6) is 5.75 Å². The average Bonchev–Trinajstić information content (AvgIpc) is 3.00. The highest BCUT2D eigenvalue weighted by atomic mass is 16.5. The molecule has 0 unspecified atom stereocenters. The number of anilines is 1. The van der Waals surface area contributed by atoms with Crippen molar-refractivity contribution in [1.82, 2.24) is 14.9 Å². The lowest BCUT2D eigenvalue weighted by Gasteiger charge is -2.31. The minimum Gasteiger partial charge on any atom is -0.490 e. The van der Waals surface area contributed by atoms with E-state index in [1.807, 2.05) is 30.0 Å². The molecule has 7 nitrogen and oxygen atoms in total. The Balaban J connectivity index is 1.36. The summed E-state index contributed by atoms with van der Waals surface area (Å²) in [6, 6.07) is 7.27. The summed E-state index contributed by atoms with van der Waals surface area (Å²) < 4.78 is 5.70. The van der Waals surface area contributed by atoms with E-state index in [0.717, 1.165) is 42.0 Å². The number of likely N-dealkylation sites (tertiary alicyclic amines) is 1. The summed E-state index contributed by atoms with van der Waals surface area (Å²) in [6.07, 6.45) is 2.66. The largest absolute Gasteiger partial charge is 0.490 e. The normalized spacial score (nSPS) is 19.5. The van der Waals surface area contributed by atoms with Gasteiger partial charge in [-0.3, -0.25) is 4.79 Å². The van der Waals surface area contributed by atoms with E-state index in [9.17, 15) is 9.59 Å². The number of nitrogens with one attached hydrogen (secondary N) is 2. The Hall–Kier alpha value is -2.83. The molecule has 0 bridgehead atoms. The zero-order chi connectivity index (χ0) is 19.0. The fourth-order valence-electron chi connectivity index (χ4n) is 3.89. The Labute approximate surface area is 157 Å². The van der Waals surface area contributed by atoms with Crippen LogP contribution in [0.2, 0.25) is 0 Å². The smallest absolute Gasteiger partial charge is 0.321 e. The highest BCUT2D eigenvalue weighted by Gasteiger charge is 2.26. The molecule has 1 fully saturated rings. The number of aryl methyl sites for hydroxylation is 1. The van der Waals surface area contributed by atoms with E-state index >= 15 is 0 Å². The van der Waals surface area contributed by atoms with Gasteiger partial charge in [-0.25, -0.2) is 9.78 Å². The van der Waals surface area contributed by atoms with Crippen molar-refractivity contribution in [3.63, 3.8) is 0 Å². The van der Waals surface area contributed by atoms with Gasteiger partial charge in [0, 0.05) is 37.2 Å². The third kappa shape index (κ3) is 3.82. The fraction of sp³-hybridized carbons (Fsp3) is 0.450. The maximum Gasteiger partial charge on any atom is 0.321 e. The summed E-state index contributed by atoms with van der Waals surface area (Å²) in [7, 11) is 0. The lowest BCUT2D eigenvalue weighted by Crippen LogP contribution is -2.40. The number of amides is 2. The molecule has 0 aliphatic carbocycles. The minimum atomic E-state index is -0.118. The van der Waals surface area contributed by atoms with E-state index in [1.54, 1.807) is 13.0 Å². The summed E-state index contributed by atoms with van der Waals surface area (Å²) in [4.78, 5) is 33.2. The lowest BCUT2D eigenvalue weighted by molar-refractivity contribution is 0.194. The number of carbonyl (C=O) groups is 1. The SMILES string of the molecule is Cc1nc(C2CCN(C(=O)Nc3ccc4c(c3)C[C@@H](C)O4)CC2)cc(=O)[nH]1. The maximum absolute atomic E-state index is 12.6. The van der Waals surface area contributed by atoms with Crippen molar-refractivity contribution in [2.45, 2.75) is 45.1 Å². The van der Waals surface area contributed by atoms with Gasteiger partial charge in [0.2, 0.25) is 0 Å². The molecule has 1 saturated heterocycles. The number of carbonyl (C=O) groups excluding carboxylic acids is 1. The Kier molecular flexibility index (Phi) is 4.59. The van der Waals surface area contributed by atoms with E-state index in [0.29, 0.717) is 18.9 Å². The van der Waals surface area contributed by atoms with Crippen LogP contribution in [0.1, 0.15) is 42.8 Å². The zero-order valence-electron chi connectivity index (χ0n) is 15.6. The third-order valence-corrected chi connectivity index (χ3v) is 5.23. The Morgan fingerprint density at radius 2 is 2.07 bits per heavy atom. The van der Waals surface area contributed by atoms with Crippen molar-refractivity contribution in [1.29, 1.82) is 0 Å². The lowest BCUT2D eigenvalue weighted by atomic mass is 9.93. The topological polar surface area (TPSA) is 87.3 Å². The van der Waals surface area contributed by atoms with Crippen LogP contribution in [0.4, 0.5) is 10.5 Å². The first-order valence-electron chi connectivity index (χ1n) is 9.41. The molecule has 1 atom stereocenters. The van der Waals surface area contributed by atoms with Gasteiger partial charge in [0.1, 0.15) is 17.7 Å². The maximum atomic E-state index is 12.6. The molecule has 0 spiro atoms. The van der Waals surface area contributed by atoms with Crippen LogP contribution < -0.4 is 15.6 Å². The number of nitrogens with zero attached hydrogens (tertiary/aromatic N) is 2. The second-order valence-corrected chi connectivity index (χ2v) is 7.40. The minimum absolute atomic E-state index is 0.0876. The van der Waals surface area contributed by atoms with Crippen molar-refractivity contribution in [3.05, 3.63) is 51.7 Å². The monoisotopic (exact) mass is 368 g/mol. The molecule has 3 heterocycles. The molecular weight excluding hydrogens is 344 g/mol. The predicted octanol–water partition coefficient (Wildman–Crippen LogP) is 2.81. The second-order valence-electron chi connectivity index (χ2n) is 7.40. The van der Waals surface area contributed by atoms with Gasteiger partial charge in [0.15, 0.2) is 0 Å². The number of piperidine rings is 1. The van der Waals surface area contributed by atoms with Gasteiger partial charge in [0.05, 0.1) is 5.69 Å². The van der Waals surface area contributed by atoms with E-state index in [-0.39, 0.29) is 23.6 Å². The fourth-order valence-corrected chi connectivity index (χ4v) is 3.89. The molecule has 27 heavy (non-hydrogen) atoms. The number of aromatic nitrogens is 2. The number of fused-ring (bicyclic) bond motifs is 1. The molecule has 2 aliphatic rings. The van der Waals surface area contributed by atoms with Gasteiger partial charge in [-0.15, -0.1) is 0 Å². The highest BCUT2D eigenvalue weighted by Crippen LogP contribution is 2.31. The van der Waals surface area contributed by atoms with Crippen molar-refractivity contribution < 1.29 is 9.53 Å². The third-order valence-electron chi connectivity index (χ3n) is 5.23. The number of aromatic amines is 1. The van der Waals surface area contributed by atoms with Gasteiger partial charge >= 0.3 is 6.03 Å². The Bertz CT molecular complexity index is 916. The number of benzene rings is 1. The van der Waals surface area contributed by atoms with E-state index in [2.05, 4.69) is 15.3 Å². The van der Waals surface area contributed by atoms with Crippen LogP contribution in [0.25, 0.3) is 0 Å². The first-order chi connectivity index (χ1) is 13.0. The van der Waals surface area contributed by atoms with Crippen molar-refractivity contribution in [3.8, 4) is 5.75 Å². The van der Waals surface area contributed by atoms with Crippen LogP contribution in [0.3, 0.4) is 0 Å². The molecule has 2 aromatic rings. The van der Waals surface area contributed by atoms with Gasteiger partial charge < -0.3 is 19.9 Å². The van der Waals surface area contributed by atoms with E-state index in [4.69, 9.17) is 4.74 Å². The summed E-state index contributed by atoms with van der Waals surface area (Å²) >= 11 is 0. The van der Waals surface area contributed by atoms with Crippen LogP contribution in [0, 0.1) is 6.92 Å². The van der Waals surface area contributed by atoms with Crippen molar-refractivity contribution in [2.75, 3.05) is 18.4 Å². The summed E-state index contributed by atoms with van der Waals surface area (Å²) in [5, 5.41) is 2.99. The molecule has 2 aliphatic heterocycles. The highest BCUT2D eigenvalue weighted by molar-refractivity contribution is 5.89. The molecule has 0 radical (unpaired) electrons. The average molecular weight is 368 g/mol. The first-order valence-corrected chi connectivity index (χ1v) is 9.41. The number of rotatable bonds is 2. The quantitative estimate of drug-likeness (QED) is 0.853. The van der Waals surface area contributed by atoms with Crippen LogP contribution >= 0.6 is 0 Å². The Morgan fingerprint density at radius 1 is 1.30 bits per heavy atom. The summed E-state index contributed by atoms with van der Waals surface area (Å²) in [6.45, 7) is 5.12. The summed E-state index contributed by atoms with van der Waals surface area (Å²) in [5.74, 6) is 1.75. The molecular formula is C20H24N4O3. The molecule has 142 valence electrons. The van der Waals surface area contributed by atoms with E-state index < -0.39 is 0 Å². The number of H-pyrrole nitrogens is 1. The standard InChI is InChI=1S/C20H24N4O3/c1-12-9-15-10-16(3-4-18(15)27-12)23-20(26)24-7-5-14(6-8-24)17-11-19(25)22-13(2)21-17/h3-4,10-12,14H,5-9H2,1-2H3,(H,23,26)(H,21,22,25)/t12-/m1/s1. The predicted molar refractivity (Wildman–Crippen MR) is 102 cm³/mol. The Morgan fingerprint density at radius 3 is 2.81 bits per heavy atom. The van der Waals surface area contributed by atoms with Crippen LogP contribution in [-0.2, 0) is 6.42 Å². The van der Waals surface area contributed by atoms with E-state index in [1.165, 1.54) is 0 Å². The second kappa shape index (κ2) is 7.06. The number of urea groups is 1. The molecule has 7 heteroatoms. The van der Waals surface area contributed by atoms with Gasteiger partial charge in [-0.1, -0.05) is 0 Å². The van der Waals surface area contributed by atoms with Crippen LogP contribution in [-0.4, -0.2) is 40.1 Å². The molecule has 1 aromatic heterocycles. The number of ether oxygens (including phenoxy) is 1.